The first kappa shape index (κ1) is 5.38. The van der Waals surface area contributed by atoms with Gasteiger partial charge in [0.05, 0.1) is 0 Å². The molecule has 3 heteroatoms. The van der Waals surface area contributed by atoms with Crippen molar-refractivity contribution in [3.8, 4) is 0 Å². The van der Waals surface area contributed by atoms with Gasteiger partial charge < -0.3 is 0 Å². The van der Waals surface area contributed by atoms with Crippen molar-refractivity contribution in [3.63, 3.8) is 0 Å². The number of hydrogen-bond acceptors (Lipinski definition) is 2. The van der Waals surface area contributed by atoms with E-state index in [2.05, 4.69) is 10.3 Å². The summed E-state index contributed by atoms with van der Waals surface area (Å²) < 4.78 is 4.10. The Labute approximate surface area is 49.7 Å². The van der Waals surface area contributed by atoms with Crippen LogP contribution in [0.15, 0.2) is 4.40 Å². The van der Waals surface area contributed by atoms with Crippen LogP contribution in [0.3, 0.4) is 0 Å². The van der Waals surface area contributed by atoms with E-state index in [-0.39, 0.29) is 9.52 Å². The maximum Gasteiger partial charge on any atom is 0.0380 e. The number of nitrogens with zero attached hydrogens (tertiary/aromatic N) is 1. The topological polar surface area (TPSA) is 12.4 Å². The molecule has 0 N–H and O–H groups in total. The van der Waals surface area contributed by atoms with Crippen LogP contribution in [0.4, 0.5) is 0 Å². The van der Waals surface area contributed by atoms with Crippen molar-refractivity contribution in [2.45, 2.75) is 6.92 Å². The molecule has 0 bridgehead atoms. The Morgan fingerprint density at radius 1 is 2.00 bits per heavy atom. The molecule has 40 valence electrons. The highest BCUT2D eigenvalue weighted by Gasteiger charge is 2.02. The average Bonchev–Trinajstić information content (AvgIpc) is 1.87. The van der Waals surface area contributed by atoms with E-state index in [0.29, 0.717) is 0 Å². The molecule has 1 unspecified atom stereocenters. The zero-order valence-corrected chi connectivity index (χ0v) is 5.81. The third-order valence-electron chi connectivity index (χ3n) is 0.668. The summed E-state index contributed by atoms with van der Waals surface area (Å²) in [5.74, 6) is 4.97. The van der Waals surface area contributed by atoms with Gasteiger partial charge in [0.15, 0.2) is 0 Å². The summed E-state index contributed by atoms with van der Waals surface area (Å²) in [6.07, 6.45) is 0. The molecule has 0 radical (unpaired) electrons. The molecule has 0 amide bonds. The summed E-state index contributed by atoms with van der Waals surface area (Å²) in [6.45, 7) is 2.05. The maximum absolute atomic E-state index is 4.10. The average molecular weight is 133 g/mol. The molecule has 1 atom stereocenters. The lowest BCUT2D eigenvalue weighted by Gasteiger charge is -1.83. The zero-order valence-electron chi connectivity index (χ0n) is 4.18. The molecule has 0 saturated carbocycles. The summed E-state index contributed by atoms with van der Waals surface area (Å²) in [5.41, 5.74) is 1.24. The van der Waals surface area contributed by atoms with Gasteiger partial charge in [0, 0.05) is 22.4 Å². The van der Waals surface area contributed by atoms with Gasteiger partial charge in [0.1, 0.15) is 0 Å². The largest absolute Gasteiger partial charge is 0.214 e. The van der Waals surface area contributed by atoms with Crippen molar-refractivity contribution in [3.05, 3.63) is 0 Å². The van der Waals surface area contributed by atoms with Crippen LogP contribution in [0.2, 0.25) is 0 Å². The molecule has 0 spiro atoms. The van der Waals surface area contributed by atoms with Gasteiger partial charge in [-0.3, -0.25) is 0 Å². The minimum absolute atomic E-state index is 0.260. The predicted octanol–water partition coefficient (Wildman–Crippen LogP) is 1.73. The summed E-state index contributed by atoms with van der Waals surface area (Å²) in [7, 11) is 1.87. The van der Waals surface area contributed by atoms with Gasteiger partial charge in [-0.15, -0.1) is 9.52 Å². The van der Waals surface area contributed by atoms with Crippen LogP contribution in [0.25, 0.3) is 0 Å². The van der Waals surface area contributed by atoms with Gasteiger partial charge in [-0.2, -0.15) is 0 Å². The molecular weight excluding hydrogens is 126 g/mol. The molecule has 1 aliphatic rings. The Balaban J connectivity index is 2.58. The summed E-state index contributed by atoms with van der Waals surface area (Å²) in [6, 6.07) is 0. The SMILES string of the molecule is C=S1CC(C)=NS1. The lowest BCUT2D eigenvalue weighted by atomic mass is 10.5. The summed E-state index contributed by atoms with van der Waals surface area (Å²) >= 11 is 0. The van der Waals surface area contributed by atoms with E-state index < -0.39 is 0 Å². The molecule has 0 aliphatic carbocycles. The van der Waals surface area contributed by atoms with Crippen molar-refractivity contribution in [1.29, 1.82) is 0 Å². The highest BCUT2D eigenvalue weighted by Crippen LogP contribution is 2.35. The predicted molar refractivity (Wildman–Crippen MR) is 40.3 cm³/mol. The fraction of sp³-hybridized carbons (Fsp3) is 0.500. The highest BCUT2D eigenvalue weighted by atomic mass is 33.1. The maximum atomic E-state index is 4.10. The lowest BCUT2D eigenvalue weighted by molar-refractivity contribution is 1.72. The molecule has 0 fully saturated rings. The normalized spacial score (nSPS) is 30.4. The van der Waals surface area contributed by atoms with Gasteiger partial charge in [0.25, 0.3) is 0 Å². The van der Waals surface area contributed by atoms with E-state index in [1.807, 2.05) is 6.92 Å². The second kappa shape index (κ2) is 2.01. The molecule has 0 saturated heterocycles. The molecule has 0 aromatic carbocycles. The van der Waals surface area contributed by atoms with Crippen LogP contribution in [0, 0.1) is 0 Å². The van der Waals surface area contributed by atoms with Gasteiger partial charge in [-0.1, -0.05) is 5.87 Å². The smallest absolute Gasteiger partial charge is 0.0380 e. The van der Waals surface area contributed by atoms with Crippen molar-refractivity contribution in [2.24, 2.45) is 4.40 Å². The highest BCUT2D eigenvalue weighted by molar-refractivity contribution is 8.83. The third kappa shape index (κ3) is 1.31. The fourth-order valence-electron chi connectivity index (χ4n) is 0.402. The van der Waals surface area contributed by atoms with Crippen LogP contribution < -0.4 is 0 Å². The van der Waals surface area contributed by atoms with E-state index in [1.165, 1.54) is 5.71 Å². The van der Waals surface area contributed by atoms with Gasteiger partial charge >= 0.3 is 0 Å². The van der Waals surface area contributed by atoms with Crippen LogP contribution in [0.1, 0.15) is 6.92 Å². The molecular formula is C4H7NS2. The standard InChI is InChI=1S/C4H7NS2/c1-4-3-7(2)6-5-4/h2-3H2,1H3. The Bertz CT molecular complexity index is 128. The van der Waals surface area contributed by atoms with Crippen LogP contribution in [0.5, 0.6) is 0 Å². The zero-order chi connectivity index (χ0) is 5.28. The molecule has 1 rings (SSSR count). The van der Waals surface area contributed by atoms with Gasteiger partial charge in [0.2, 0.25) is 0 Å². The Morgan fingerprint density at radius 3 is 2.86 bits per heavy atom. The van der Waals surface area contributed by atoms with Crippen molar-refractivity contribution in [1.82, 2.24) is 0 Å². The van der Waals surface area contributed by atoms with Gasteiger partial charge in [-0.05, 0) is 6.92 Å². The minimum atomic E-state index is 0.260. The van der Waals surface area contributed by atoms with Crippen molar-refractivity contribution in [2.75, 3.05) is 5.75 Å². The lowest BCUT2D eigenvalue weighted by Crippen LogP contribution is -1.86. The molecule has 0 aromatic rings. The van der Waals surface area contributed by atoms with Crippen molar-refractivity contribution < 1.29 is 0 Å². The van der Waals surface area contributed by atoms with Crippen molar-refractivity contribution >= 4 is 32.1 Å². The van der Waals surface area contributed by atoms with Crippen LogP contribution in [-0.2, 0) is 0 Å². The first-order chi connectivity index (χ1) is 3.29. The number of hydrogen-bond donors (Lipinski definition) is 0. The Hall–Kier alpha value is 0.240. The quantitative estimate of drug-likeness (QED) is 0.278. The van der Waals surface area contributed by atoms with Crippen LogP contribution in [-0.4, -0.2) is 17.3 Å². The fourth-order valence-corrected chi connectivity index (χ4v) is 2.73. The molecule has 7 heavy (non-hydrogen) atoms. The first-order valence-electron chi connectivity index (χ1n) is 2.00. The van der Waals surface area contributed by atoms with E-state index in [9.17, 15) is 0 Å². The van der Waals surface area contributed by atoms with E-state index in [4.69, 9.17) is 0 Å². The van der Waals surface area contributed by atoms with Crippen LogP contribution >= 0.6 is 20.5 Å². The monoisotopic (exact) mass is 133 g/mol. The molecule has 0 aromatic heterocycles. The Morgan fingerprint density at radius 2 is 2.71 bits per heavy atom. The number of rotatable bonds is 0. The molecule has 1 nitrogen and oxygen atoms in total. The van der Waals surface area contributed by atoms with Gasteiger partial charge in [-0.25, -0.2) is 4.40 Å². The Kier molecular flexibility index (Phi) is 1.54. The summed E-state index contributed by atoms with van der Waals surface area (Å²) in [4.78, 5) is 0. The summed E-state index contributed by atoms with van der Waals surface area (Å²) in [5, 5.41) is 0. The molecule has 1 aliphatic heterocycles. The van der Waals surface area contributed by atoms with E-state index in [0.717, 1.165) is 5.75 Å². The van der Waals surface area contributed by atoms with E-state index in [1.54, 1.807) is 11.0 Å². The van der Waals surface area contributed by atoms with E-state index >= 15 is 0 Å². The molecule has 1 heterocycles. The minimum Gasteiger partial charge on any atom is -0.214 e. The first-order valence-corrected chi connectivity index (χ1v) is 4.86. The second-order valence-electron chi connectivity index (χ2n) is 1.49. The second-order valence-corrected chi connectivity index (χ2v) is 4.85. The third-order valence-corrected chi connectivity index (χ3v) is 3.21.